The Morgan fingerprint density at radius 1 is 1.45 bits per heavy atom. The van der Waals surface area contributed by atoms with E-state index in [2.05, 4.69) is 5.10 Å². The number of aromatic nitrogens is 2. The Kier molecular flexibility index (Phi) is 4.16. The van der Waals surface area contributed by atoms with Gasteiger partial charge in [0.05, 0.1) is 0 Å². The number of carboxylic acid groups (broad SMARTS) is 1. The van der Waals surface area contributed by atoms with Crippen molar-refractivity contribution in [2.45, 2.75) is 19.3 Å². The summed E-state index contributed by atoms with van der Waals surface area (Å²) in [5.74, 6) is -1.11. The fourth-order valence-electron chi connectivity index (χ4n) is 2.44. The number of hydrogen-bond acceptors (Lipinski definition) is 4. The molecule has 1 N–H and O–H groups in total. The molecule has 1 saturated heterocycles. The molecule has 0 saturated carbocycles. The molecule has 0 spiro atoms. The van der Waals surface area contributed by atoms with Crippen molar-refractivity contribution in [2.75, 3.05) is 13.1 Å². The Hall–Kier alpha value is -2.18. The first kappa shape index (κ1) is 14.2. The molecule has 1 fully saturated rings. The summed E-state index contributed by atoms with van der Waals surface area (Å²) in [7, 11) is 1.49. The van der Waals surface area contributed by atoms with E-state index in [1.807, 2.05) is 0 Å². The third-order valence-electron chi connectivity index (χ3n) is 3.45. The lowest BCUT2D eigenvalue weighted by Gasteiger charge is -2.31. The topological polar surface area (TPSA) is 92.5 Å². The van der Waals surface area contributed by atoms with Crippen LogP contribution in [0, 0.1) is 5.92 Å². The van der Waals surface area contributed by atoms with Crippen LogP contribution in [0.3, 0.4) is 0 Å². The summed E-state index contributed by atoms with van der Waals surface area (Å²) in [5, 5.41) is 12.8. The minimum Gasteiger partial charge on any atom is -0.481 e. The molecule has 108 valence electrons. The third kappa shape index (κ3) is 3.23. The van der Waals surface area contributed by atoms with Gasteiger partial charge in [-0.3, -0.25) is 14.4 Å². The normalized spacial score (nSPS) is 18.9. The molecule has 20 heavy (non-hydrogen) atoms. The van der Waals surface area contributed by atoms with Crippen LogP contribution in [0.4, 0.5) is 0 Å². The van der Waals surface area contributed by atoms with Crippen molar-refractivity contribution in [1.82, 2.24) is 14.7 Å². The molecule has 0 aromatic carbocycles. The number of carbonyl (C=O) groups excluding carboxylic acids is 1. The molecule has 0 aliphatic carbocycles. The molecule has 1 aliphatic rings. The minimum absolute atomic E-state index is 0.0160. The number of carbonyl (C=O) groups is 2. The van der Waals surface area contributed by atoms with E-state index in [0.29, 0.717) is 13.1 Å². The molecule has 1 aromatic heterocycles. The zero-order valence-corrected chi connectivity index (χ0v) is 11.3. The van der Waals surface area contributed by atoms with E-state index in [1.54, 1.807) is 4.90 Å². The number of piperidine rings is 1. The van der Waals surface area contributed by atoms with Crippen molar-refractivity contribution in [3.63, 3.8) is 0 Å². The Balaban J connectivity index is 2.10. The van der Waals surface area contributed by atoms with Gasteiger partial charge in [0.1, 0.15) is 5.69 Å². The largest absolute Gasteiger partial charge is 0.481 e. The first-order valence-corrected chi connectivity index (χ1v) is 6.53. The zero-order valence-electron chi connectivity index (χ0n) is 11.3. The second-order valence-electron chi connectivity index (χ2n) is 5.04. The number of hydrogen-bond donors (Lipinski definition) is 1. The highest BCUT2D eigenvalue weighted by Crippen LogP contribution is 2.20. The molecule has 7 nitrogen and oxygen atoms in total. The fraction of sp³-hybridized carbons (Fsp3) is 0.538. The Morgan fingerprint density at radius 2 is 2.20 bits per heavy atom. The number of carboxylic acids is 1. The molecule has 0 radical (unpaired) electrons. The smallest absolute Gasteiger partial charge is 0.303 e. The summed E-state index contributed by atoms with van der Waals surface area (Å²) in [6.45, 7) is 1.02. The zero-order chi connectivity index (χ0) is 14.7. The lowest BCUT2D eigenvalue weighted by Crippen LogP contribution is -2.41. The van der Waals surface area contributed by atoms with Gasteiger partial charge >= 0.3 is 5.97 Å². The summed E-state index contributed by atoms with van der Waals surface area (Å²) in [6, 6.07) is 2.71. The van der Waals surface area contributed by atoms with Gasteiger partial charge in [-0.1, -0.05) is 0 Å². The SMILES string of the molecule is Cn1nc(C(=O)N2CCCC(CC(=O)O)C2)ccc1=O. The maximum atomic E-state index is 12.3. The molecule has 1 atom stereocenters. The lowest BCUT2D eigenvalue weighted by atomic mass is 9.94. The van der Waals surface area contributed by atoms with Gasteiger partial charge in [-0.25, -0.2) is 4.68 Å². The predicted octanol–water partition coefficient (Wildman–Crippen LogP) is 0.107. The van der Waals surface area contributed by atoms with Crippen LogP contribution in [0.25, 0.3) is 0 Å². The van der Waals surface area contributed by atoms with Crippen molar-refractivity contribution in [2.24, 2.45) is 13.0 Å². The van der Waals surface area contributed by atoms with Crippen LogP contribution in [-0.2, 0) is 11.8 Å². The van der Waals surface area contributed by atoms with Gasteiger partial charge in [0.15, 0.2) is 0 Å². The van der Waals surface area contributed by atoms with Gasteiger partial charge in [-0.2, -0.15) is 5.10 Å². The Labute approximate surface area is 115 Å². The van der Waals surface area contributed by atoms with E-state index in [9.17, 15) is 14.4 Å². The van der Waals surface area contributed by atoms with E-state index in [1.165, 1.54) is 19.2 Å². The summed E-state index contributed by atoms with van der Waals surface area (Å²) in [5.41, 5.74) is -0.0629. The molecule has 2 heterocycles. The van der Waals surface area contributed by atoms with Gasteiger partial charge in [0.25, 0.3) is 11.5 Å². The number of likely N-dealkylation sites (tertiary alicyclic amines) is 1. The van der Waals surface area contributed by atoms with E-state index in [0.717, 1.165) is 17.5 Å². The monoisotopic (exact) mass is 279 g/mol. The Bertz CT molecular complexity index is 581. The van der Waals surface area contributed by atoms with Crippen molar-refractivity contribution < 1.29 is 14.7 Å². The fourth-order valence-corrected chi connectivity index (χ4v) is 2.44. The molecule has 1 unspecified atom stereocenters. The average molecular weight is 279 g/mol. The van der Waals surface area contributed by atoms with E-state index < -0.39 is 5.97 Å². The molecular formula is C13H17N3O4. The van der Waals surface area contributed by atoms with Crippen LogP contribution in [0.15, 0.2) is 16.9 Å². The van der Waals surface area contributed by atoms with Crippen LogP contribution in [0.2, 0.25) is 0 Å². The van der Waals surface area contributed by atoms with Gasteiger partial charge in [0.2, 0.25) is 0 Å². The van der Waals surface area contributed by atoms with Crippen LogP contribution >= 0.6 is 0 Å². The molecule has 7 heteroatoms. The molecule has 1 amide bonds. The van der Waals surface area contributed by atoms with Crippen molar-refractivity contribution in [3.8, 4) is 0 Å². The van der Waals surface area contributed by atoms with Crippen molar-refractivity contribution in [3.05, 3.63) is 28.2 Å². The predicted molar refractivity (Wildman–Crippen MR) is 70.4 cm³/mol. The van der Waals surface area contributed by atoms with Gasteiger partial charge in [0, 0.05) is 32.6 Å². The van der Waals surface area contributed by atoms with Gasteiger partial charge in [-0.05, 0) is 24.8 Å². The second-order valence-corrected chi connectivity index (χ2v) is 5.04. The molecule has 1 aromatic rings. The van der Waals surface area contributed by atoms with E-state index in [4.69, 9.17) is 5.11 Å². The first-order valence-electron chi connectivity index (χ1n) is 6.53. The summed E-state index contributed by atoms with van der Waals surface area (Å²) < 4.78 is 1.12. The number of rotatable bonds is 3. The van der Waals surface area contributed by atoms with Gasteiger partial charge < -0.3 is 10.0 Å². The molecule has 0 bridgehead atoms. The molecular weight excluding hydrogens is 262 g/mol. The molecule has 2 rings (SSSR count). The number of nitrogens with zero attached hydrogens (tertiary/aromatic N) is 3. The van der Waals surface area contributed by atoms with Gasteiger partial charge in [-0.15, -0.1) is 0 Å². The highest BCUT2D eigenvalue weighted by Gasteiger charge is 2.26. The highest BCUT2D eigenvalue weighted by molar-refractivity contribution is 5.92. The minimum atomic E-state index is -0.843. The average Bonchev–Trinajstić information content (AvgIpc) is 2.40. The Morgan fingerprint density at radius 3 is 2.85 bits per heavy atom. The van der Waals surface area contributed by atoms with Crippen LogP contribution in [-0.4, -0.2) is 44.8 Å². The maximum absolute atomic E-state index is 12.3. The van der Waals surface area contributed by atoms with E-state index in [-0.39, 0.29) is 29.5 Å². The number of amides is 1. The van der Waals surface area contributed by atoms with Crippen LogP contribution in [0.5, 0.6) is 0 Å². The second kappa shape index (κ2) is 5.85. The summed E-state index contributed by atoms with van der Waals surface area (Å²) in [4.78, 5) is 35.9. The standard InChI is InChI=1S/C13H17N3O4/c1-15-11(17)5-4-10(14-15)13(20)16-6-2-3-9(8-16)7-12(18)19/h4-5,9H,2-3,6-8H2,1H3,(H,18,19). The quantitative estimate of drug-likeness (QED) is 0.847. The third-order valence-corrected chi connectivity index (χ3v) is 3.45. The number of aryl methyl sites for hydroxylation is 1. The first-order chi connectivity index (χ1) is 9.47. The van der Waals surface area contributed by atoms with Crippen LogP contribution in [0.1, 0.15) is 29.8 Å². The van der Waals surface area contributed by atoms with Crippen molar-refractivity contribution >= 4 is 11.9 Å². The summed E-state index contributed by atoms with van der Waals surface area (Å²) >= 11 is 0. The maximum Gasteiger partial charge on any atom is 0.303 e. The molecule has 1 aliphatic heterocycles. The summed E-state index contributed by atoms with van der Waals surface area (Å²) in [6.07, 6.45) is 1.68. The van der Waals surface area contributed by atoms with E-state index >= 15 is 0 Å². The highest BCUT2D eigenvalue weighted by atomic mass is 16.4. The van der Waals surface area contributed by atoms with Crippen molar-refractivity contribution in [1.29, 1.82) is 0 Å². The lowest BCUT2D eigenvalue weighted by molar-refractivity contribution is -0.138. The number of aliphatic carboxylic acids is 1. The van der Waals surface area contributed by atoms with Crippen LogP contribution < -0.4 is 5.56 Å².